The lowest BCUT2D eigenvalue weighted by atomic mass is 9.76. The number of nitrogens with zero attached hydrogens (tertiary/aromatic N) is 2. The van der Waals surface area contributed by atoms with Crippen LogP contribution in [0, 0.1) is 5.92 Å². The molecule has 45 heavy (non-hydrogen) atoms. The van der Waals surface area contributed by atoms with E-state index < -0.39 is 11.1 Å². The van der Waals surface area contributed by atoms with Crippen LogP contribution in [0.4, 0.5) is 0 Å². The van der Waals surface area contributed by atoms with Crippen molar-refractivity contribution in [3.63, 3.8) is 0 Å². The van der Waals surface area contributed by atoms with Crippen molar-refractivity contribution in [3.8, 4) is 0 Å². The number of hydrogen-bond acceptors (Lipinski definition) is 3. The Hall–Kier alpha value is -5.00. The number of rotatable bonds is 9. The third kappa shape index (κ3) is 5.34. The van der Waals surface area contributed by atoms with Gasteiger partial charge in [-0.15, -0.1) is 0 Å². The number of carbonyl (C=O) groups is 1. The third-order valence-electron chi connectivity index (χ3n) is 8.73. The molecule has 0 aliphatic rings. The van der Waals surface area contributed by atoms with Gasteiger partial charge in [-0.2, -0.15) is 0 Å². The molecule has 1 atom stereocenters. The molecule has 0 spiro atoms. The molecule has 5 nitrogen and oxygen atoms in total. The molecule has 0 radical (unpaired) electrons. The van der Waals surface area contributed by atoms with Crippen molar-refractivity contribution >= 4 is 16.7 Å². The highest BCUT2D eigenvalue weighted by Gasteiger charge is 2.42. The first-order valence-electron chi connectivity index (χ1n) is 15.5. The van der Waals surface area contributed by atoms with Gasteiger partial charge < -0.3 is 15.0 Å². The van der Waals surface area contributed by atoms with Crippen LogP contribution in [0.5, 0.6) is 0 Å². The fourth-order valence-electron chi connectivity index (χ4n) is 6.43. The standard InChI is InChI=1S/C40H39N3O2/c1-28(2)40(45,36-23-22-30-24-32(21-20-31(30)25-36)38(44)42-29(3)4)37-26-43(27-41-37)39(33-14-8-5-9-15-33,34-16-10-6-11-17-34)35-18-12-7-13-19-35/h5-29,45H,1-4H3,(H,42,44). The lowest BCUT2D eigenvalue weighted by Gasteiger charge is -2.37. The first-order chi connectivity index (χ1) is 21.7. The van der Waals surface area contributed by atoms with Crippen LogP contribution in [0.25, 0.3) is 10.8 Å². The minimum absolute atomic E-state index is 0.0563. The summed E-state index contributed by atoms with van der Waals surface area (Å²) in [5.74, 6) is -0.284. The number of aromatic nitrogens is 2. The van der Waals surface area contributed by atoms with E-state index in [2.05, 4.69) is 82.7 Å². The van der Waals surface area contributed by atoms with Crippen molar-refractivity contribution < 1.29 is 9.90 Å². The molecular formula is C40H39N3O2. The van der Waals surface area contributed by atoms with Crippen LogP contribution in [-0.4, -0.2) is 26.6 Å². The van der Waals surface area contributed by atoms with Gasteiger partial charge >= 0.3 is 0 Å². The predicted octanol–water partition coefficient (Wildman–Crippen LogP) is 7.91. The molecule has 0 bridgehead atoms. The number of imidazole rings is 1. The van der Waals surface area contributed by atoms with E-state index in [0.717, 1.165) is 33.0 Å². The average molecular weight is 594 g/mol. The van der Waals surface area contributed by atoms with E-state index in [1.807, 2.05) is 94.8 Å². The predicted molar refractivity (Wildman–Crippen MR) is 181 cm³/mol. The van der Waals surface area contributed by atoms with Crippen molar-refractivity contribution in [2.45, 2.75) is 44.9 Å². The van der Waals surface area contributed by atoms with Crippen molar-refractivity contribution in [3.05, 3.63) is 173 Å². The number of aliphatic hydroxyl groups is 1. The van der Waals surface area contributed by atoms with Gasteiger partial charge in [0.1, 0.15) is 11.1 Å². The number of nitrogens with one attached hydrogen (secondary N) is 1. The maximum atomic E-state index is 12.6. The zero-order valence-electron chi connectivity index (χ0n) is 26.2. The Labute approximate surface area is 265 Å². The van der Waals surface area contributed by atoms with E-state index in [1.165, 1.54) is 0 Å². The van der Waals surface area contributed by atoms with E-state index in [-0.39, 0.29) is 17.9 Å². The molecule has 0 fully saturated rings. The quantitative estimate of drug-likeness (QED) is 0.168. The Morgan fingerprint density at radius 3 is 1.71 bits per heavy atom. The highest BCUT2D eigenvalue weighted by molar-refractivity contribution is 5.98. The van der Waals surface area contributed by atoms with Gasteiger partial charge in [0.2, 0.25) is 0 Å². The van der Waals surface area contributed by atoms with Gasteiger partial charge in [0.15, 0.2) is 0 Å². The van der Waals surface area contributed by atoms with Gasteiger partial charge in [-0.3, -0.25) is 4.79 Å². The Morgan fingerprint density at radius 1 is 0.689 bits per heavy atom. The van der Waals surface area contributed by atoms with E-state index >= 15 is 0 Å². The molecule has 226 valence electrons. The van der Waals surface area contributed by atoms with Crippen molar-refractivity contribution in [1.82, 2.24) is 14.9 Å². The molecule has 0 saturated carbocycles. The topological polar surface area (TPSA) is 67.2 Å². The summed E-state index contributed by atoms with van der Waals surface area (Å²) >= 11 is 0. The van der Waals surface area contributed by atoms with E-state index in [1.54, 1.807) is 0 Å². The van der Waals surface area contributed by atoms with Crippen molar-refractivity contribution in [2.24, 2.45) is 5.92 Å². The van der Waals surface area contributed by atoms with Crippen LogP contribution in [0.2, 0.25) is 0 Å². The third-order valence-corrected chi connectivity index (χ3v) is 8.73. The van der Waals surface area contributed by atoms with Gasteiger partial charge in [0.25, 0.3) is 5.91 Å². The molecule has 1 heterocycles. The normalized spacial score (nSPS) is 13.2. The lowest BCUT2D eigenvalue weighted by molar-refractivity contribution is 0.0279. The lowest BCUT2D eigenvalue weighted by Crippen LogP contribution is -2.37. The summed E-state index contributed by atoms with van der Waals surface area (Å²) in [6.07, 6.45) is 3.84. The molecule has 6 rings (SSSR count). The summed E-state index contributed by atoms with van der Waals surface area (Å²) in [5, 5.41) is 17.4. The number of fused-ring (bicyclic) bond motifs is 1. The second-order valence-corrected chi connectivity index (χ2v) is 12.3. The number of amides is 1. The molecule has 0 aliphatic heterocycles. The molecule has 1 unspecified atom stereocenters. The van der Waals surface area contributed by atoms with E-state index in [9.17, 15) is 9.90 Å². The summed E-state index contributed by atoms with van der Waals surface area (Å²) < 4.78 is 2.14. The van der Waals surface area contributed by atoms with Crippen LogP contribution in [0.3, 0.4) is 0 Å². The van der Waals surface area contributed by atoms with Gasteiger partial charge in [-0.25, -0.2) is 4.98 Å². The first kappa shape index (κ1) is 30.0. The molecular weight excluding hydrogens is 554 g/mol. The van der Waals surface area contributed by atoms with Gasteiger partial charge in [-0.1, -0.05) is 123 Å². The number of benzene rings is 5. The molecule has 1 amide bonds. The van der Waals surface area contributed by atoms with Gasteiger partial charge in [0, 0.05) is 17.8 Å². The van der Waals surface area contributed by atoms with E-state index in [0.29, 0.717) is 11.3 Å². The summed E-state index contributed by atoms with van der Waals surface area (Å²) in [7, 11) is 0. The van der Waals surface area contributed by atoms with Crippen LogP contribution < -0.4 is 5.32 Å². The zero-order chi connectivity index (χ0) is 31.6. The van der Waals surface area contributed by atoms with Crippen LogP contribution >= 0.6 is 0 Å². The summed E-state index contributed by atoms with van der Waals surface area (Å²) in [5.41, 5.74) is 3.08. The van der Waals surface area contributed by atoms with Crippen LogP contribution in [0.15, 0.2) is 140 Å². The molecule has 5 heteroatoms. The maximum Gasteiger partial charge on any atom is 0.251 e. The van der Waals surface area contributed by atoms with E-state index in [4.69, 9.17) is 4.98 Å². The Bertz CT molecular complexity index is 1820. The Kier molecular flexibility index (Phi) is 8.13. The SMILES string of the molecule is CC(C)NC(=O)c1ccc2cc(C(O)(c3cn(C(c4ccccc4)(c4ccccc4)c4ccccc4)cn3)C(C)C)ccc2c1. The Balaban J connectivity index is 1.51. The number of hydrogen-bond donors (Lipinski definition) is 2. The van der Waals surface area contributed by atoms with Gasteiger partial charge in [-0.05, 0) is 71.0 Å². The fourth-order valence-corrected chi connectivity index (χ4v) is 6.43. The maximum absolute atomic E-state index is 12.6. The van der Waals surface area contributed by atoms with Gasteiger partial charge in [0.05, 0.1) is 12.0 Å². The smallest absolute Gasteiger partial charge is 0.251 e. The molecule has 0 saturated heterocycles. The first-order valence-corrected chi connectivity index (χ1v) is 15.5. The van der Waals surface area contributed by atoms with Crippen LogP contribution in [-0.2, 0) is 11.1 Å². The molecule has 2 N–H and O–H groups in total. The summed E-state index contributed by atoms with van der Waals surface area (Å²) in [4.78, 5) is 17.6. The largest absolute Gasteiger partial charge is 0.378 e. The highest BCUT2D eigenvalue weighted by atomic mass is 16.3. The molecule has 0 aliphatic carbocycles. The average Bonchev–Trinajstić information content (AvgIpc) is 3.56. The highest BCUT2D eigenvalue weighted by Crippen LogP contribution is 2.43. The minimum atomic E-state index is -1.37. The fraction of sp³-hybridized carbons (Fsp3) is 0.200. The van der Waals surface area contributed by atoms with Crippen molar-refractivity contribution in [1.29, 1.82) is 0 Å². The Morgan fingerprint density at radius 2 is 1.20 bits per heavy atom. The van der Waals surface area contributed by atoms with Crippen LogP contribution in [0.1, 0.15) is 66.0 Å². The summed E-state index contributed by atoms with van der Waals surface area (Å²) in [6.45, 7) is 7.93. The van der Waals surface area contributed by atoms with Crippen molar-refractivity contribution in [2.75, 3.05) is 0 Å². The summed E-state index contributed by atoms with van der Waals surface area (Å²) in [6, 6.07) is 43.0. The molecule has 1 aromatic heterocycles. The monoisotopic (exact) mass is 593 g/mol. The second kappa shape index (κ2) is 12.2. The molecule has 6 aromatic rings. The number of carbonyl (C=O) groups excluding carboxylic acids is 1. The minimum Gasteiger partial charge on any atom is -0.378 e. The zero-order valence-corrected chi connectivity index (χ0v) is 26.2. The molecule has 5 aromatic carbocycles. The second-order valence-electron chi connectivity index (χ2n) is 12.3.